The van der Waals surface area contributed by atoms with Crippen LogP contribution in [0, 0.1) is 0 Å². The van der Waals surface area contributed by atoms with E-state index in [0.29, 0.717) is 0 Å². The summed E-state index contributed by atoms with van der Waals surface area (Å²) in [5.74, 6) is 0. The van der Waals surface area contributed by atoms with Crippen LogP contribution in [0.2, 0.25) is 0 Å². The third-order valence-corrected chi connectivity index (χ3v) is 3.78. The monoisotopic (exact) mass is 242 g/mol. The molecule has 94 valence electrons. The second kappa shape index (κ2) is 4.53. The Morgan fingerprint density at radius 1 is 1.39 bits per heavy atom. The molecule has 3 rings (SSSR count). The van der Waals surface area contributed by atoms with Crippen molar-refractivity contribution >= 4 is 0 Å². The zero-order valence-electron chi connectivity index (χ0n) is 10.6. The Bertz CT molecular complexity index is 512. The van der Waals surface area contributed by atoms with E-state index in [1.165, 1.54) is 17.7 Å². The molecule has 1 aliphatic rings. The van der Waals surface area contributed by atoms with E-state index in [9.17, 15) is 0 Å². The Morgan fingerprint density at radius 2 is 2.33 bits per heavy atom. The van der Waals surface area contributed by atoms with Gasteiger partial charge in [0.2, 0.25) is 0 Å². The van der Waals surface area contributed by atoms with E-state index in [-0.39, 0.29) is 5.41 Å². The van der Waals surface area contributed by atoms with Gasteiger partial charge in [-0.2, -0.15) is 0 Å². The van der Waals surface area contributed by atoms with Gasteiger partial charge < -0.3 is 9.88 Å². The number of rotatable bonds is 3. The van der Waals surface area contributed by atoms with Gasteiger partial charge in [-0.05, 0) is 24.6 Å². The summed E-state index contributed by atoms with van der Waals surface area (Å²) in [7, 11) is 0. The maximum absolute atomic E-state index is 4.32. The summed E-state index contributed by atoms with van der Waals surface area (Å²) in [6, 6.07) is 4.08. The first-order chi connectivity index (χ1) is 8.78. The Morgan fingerprint density at radius 3 is 3.06 bits per heavy atom. The third kappa shape index (κ3) is 2.04. The van der Waals surface area contributed by atoms with Crippen molar-refractivity contribution in [2.75, 3.05) is 13.1 Å². The van der Waals surface area contributed by atoms with Gasteiger partial charge in [-0.1, -0.05) is 13.0 Å². The molecule has 0 amide bonds. The van der Waals surface area contributed by atoms with E-state index in [4.69, 9.17) is 0 Å². The van der Waals surface area contributed by atoms with Gasteiger partial charge in [0.15, 0.2) is 0 Å². The summed E-state index contributed by atoms with van der Waals surface area (Å²) in [5, 5.41) is 3.44. The van der Waals surface area contributed by atoms with Crippen molar-refractivity contribution < 1.29 is 0 Å². The largest absolute Gasteiger partial charge is 0.330 e. The molecule has 0 bridgehead atoms. The van der Waals surface area contributed by atoms with E-state index in [1.54, 1.807) is 6.20 Å². The molecule has 0 saturated carbocycles. The van der Waals surface area contributed by atoms with E-state index >= 15 is 0 Å². The summed E-state index contributed by atoms with van der Waals surface area (Å²) < 4.78 is 2.24. The van der Waals surface area contributed by atoms with Crippen molar-refractivity contribution in [3.63, 3.8) is 0 Å². The minimum Gasteiger partial charge on any atom is -0.330 e. The van der Waals surface area contributed by atoms with Gasteiger partial charge in [-0.3, -0.25) is 4.98 Å². The maximum Gasteiger partial charge on any atom is 0.0951 e. The fraction of sp³-hybridized carbons (Fsp3) is 0.429. The molecule has 1 aliphatic heterocycles. The average Bonchev–Trinajstić information content (AvgIpc) is 3.00. The zero-order valence-corrected chi connectivity index (χ0v) is 10.6. The van der Waals surface area contributed by atoms with Gasteiger partial charge in [-0.15, -0.1) is 0 Å². The fourth-order valence-corrected chi connectivity index (χ4v) is 2.67. The molecule has 2 aromatic rings. The van der Waals surface area contributed by atoms with Crippen molar-refractivity contribution in [3.05, 3.63) is 48.3 Å². The van der Waals surface area contributed by atoms with Crippen LogP contribution in [0.25, 0.3) is 0 Å². The Balaban J connectivity index is 1.88. The molecule has 0 aromatic carbocycles. The van der Waals surface area contributed by atoms with Crippen LogP contribution >= 0.6 is 0 Å². The average molecular weight is 242 g/mol. The molecule has 18 heavy (non-hydrogen) atoms. The molecule has 0 aliphatic carbocycles. The van der Waals surface area contributed by atoms with Crippen LogP contribution in [0.3, 0.4) is 0 Å². The Labute approximate surface area is 107 Å². The molecule has 1 fully saturated rings. The minimum absolute atomic E-state index is 0.207. The van der Waals surface area contributed by atoms with Crippen LogP contribution in [0.5, 0.6) is 0 Å². The highest BCUT2D eigenvalue weighted by Gasteiger charge is 2.33. The summed E-state index contributed by atoms with van der Waals surface area (Å²) in [5.41, 5.74) is 2.74. The number of imidazole rings is 1. The van der Waals surface area contributed by atoms with E-state index in [2.05, 4.69) is 32.8 Å². The van der Waals surface area contributed by atoms with Gasteiger partial charge in [0.05, 0.1) is 12.9 Å². The zero-order chi connectivity index (χ0) is 12.4. The van der Waals surface area contributed by atoms with Gasteiger partial charge in [-0.25, -0.2) is 4.98 Å². The molecule has 1 saturated heterocycles. The van der Waals surface area contributed by atoms with Crippen molar-refractivity contribution in [2.45, 2.75) is 25.3 Å². The Kier molecular flexibility index (Phi) is 2.88. The van der Waals surface area contributed by atoms with Crippen molar-refractivity contribution in [2.24, 2.45) is 0 Å². The predicted octanol–water partition coefficient (Wildman–Crippen LogP) is 1.58. The second-order valence-corrected chi connectivity index (χ2v) is 5.26. The molecule has 1 atom stereocenters. The lowest BCUT2D eigenvalue weighted by atomic mass is 9.86. The summed E-state index contributed by atoms with van der Waals surface area (Å²) >= 11 is 0. The number of aromatic nitrogens is 3. The van der Waals surface area contributed by atoms with E-state index in [1.807, 2.05) is 24.8 Å². The molecule has 3 heterocycles. The number of hydrogen-bond donors (Lipinski definition) is 1. The van der Waals surface area contributed by atoms with Crippen molar-refractivity contribution in [1.29, 1.82) is 0 Å². The number of pyridine rings is 1. The molecule has 2 aromatic heterocycles. The quantitative estimate of drug-likeness (QED) is 0.888. The van der Waals surface area contributed by atoms with Crippen LogP contribution < -0.4 is 5.32 Å². The standard InChI is InChI=1S/C14H18N4/c1-14(4-6-16-10-14)13-8-17-11-18(13)9-12-3-2-5-15-7-12/h2-3,5,7-8,11,16H,4,6,9-10H2,1H3. The van der Waals surface area contributed by atoms with Crippen LogP contribution in [-0.2, 0) is 12.0 Å². The van der Waals surface area contributed by atoms with Crippen molar-refractivity contribution in [1.82, 2.24) is 19.9 Å². The van der Waals surface area contributed by atoms with Crippen LogP contribution in [0.15, 0.2) is 37.1 Å². The molecule has 4 nitrogen and oxygen atoms in total. The highest BCUT2D eigenvalue weighted by Crippen LogP contribution is 2.30. The third-order valence-electron chi connectivity index (χ3n) is 3.78. The topological polar surface area (TPSA) is 42.7 Å². The molecular weight excluding hydrogens is 224 g/mol. The first-order valence-electron chi connectivity index (χ1n) is 6.38. The highest BCUT2D eigenvalue weighted by atomic mass is 15.1. The number of nitrogens with zero attached hydrogens (tertiary/aromatic N) is 3. The second-order valence-electron chi connectivity index (χ2n) is 5.26. The van der Waals surface area contributed by atoms with Gasteiger partial charge in [0.1, 0.15) is 0 Å². The predicted molar refractivity (Wildman–Crippen MR) is 70.4 cm³/mol. The first-order valence-corrected chi connectivity index (χ1v) is 6.38. The summed E-state index contributed by atoms with van der Waals surface area (Å²) in [4.78, 5) is 8.49. The van der Waals surface area contributed by atoms with Crippen LogP contribution in [0.4, 0.5) is 0 Å². The summed E-state index contributed by atoms with van der Waals surface area (Å²) in [6.45, 7) is 5.28. The van der Waals surface area contributed by atoms with Gasteiger partial charge in [0, 0.05) is 36.2 Å². The molecule has 0 spiro atoms. The summed E-state index contributed by atoms with van der Waals surface area (Å²) in [6.07, 6.45) is 8.82. The van der Waals surface area contributed by atoms with Gasteiger partial charge >= 0.3 is 0 Å². The van der Waals surface area contributed by atoms with E-state index in [0.717, 1.165) is 19.6 Å². The molecule has 1 unspecified atom stereocenters. The van der Waals surface area contributed by atoms with E-state index < -0.39 is 0 Å². The van der Waals surface area contributed by atoms with Crippen LogP contribution in [0.1, 0.15) is 24.6 Å². The van der Waals surface area contributed by atoms with Gasteiger partial charge in [0.25, 0.3) is 0 Å². The lowest BCUT2D eigenvalue weighted by molar-refractivity contribution is 0.481. The lowest BCUT2D eigenvalue weighted by Crippen LogP contribution is -2.28. The molecule has 4 heteroatoms. The normalized spacial score (nSPS) is 23.4. The number of nitrogens with one attached hydrogen (secondary N) is 1. The van der Waals surface area contributed by atoms with Crippen LogP contribution in [-0.4, -0.2) is 27.6 Å². The Hall–Kier alpha value is -1.68. The lowest BCUT2D eigenvalue weighted by Gasteiger charge is -2.24. The smallest absolute Gasteiger partial charge is 0.0951 e. The van der Waals surface area contributed by atoms with Crippen molar-refractivity contribution in [3.8, 4) is 0 Å². The SMILES string of the molecule is CC1(c2cncn2Cc2cccnc2)CCNC1. The first kappa shape index (κ1) is 11.4. The molecular formula is C14H18N4. The minimum atomic E-state index is 0.207. The number of hydrogen-bond acceptors (Lipinski definition) is 3. The molecule has 0 radical (unpaired) electrons. The highest BCUT2D eigenvalue weighted by molar-refractivity contribution is 5.19. The maximum atomic E-state index is 4.32. The fourth-order valence-electron chi connectivity index (χ4n) is 2.67. The molecule has 1 N–H and O–H groups in total.